The first-order chi connectivity index (χ1) is 15.9. The molecule has 0 fully saturated rings. The van der Waals surface area contributed by atoms with Crippen molar-refractivity contribution >= 4 is 21.8 Å². The van der Waals surface area contributed by atoms with Crippen molar-refractivity contribution in [2.45, 2.75) is 26.4 Å². The highest BCUT2D eigenvalue weighted by Gasteiger charge is 2.31. The zero-order valence-corrected chi connectivity index (χ0v) is 17.5. The molecular formula is C28H20N2O2. The molecule has 0 aliphatic carbocycles. The first-order valence-electron chi connectivity index (χ1n) is 10.9. The van der Waals surface area contributed by atoms with E-state index >= 15 is 0 Å². The molecule has 32 heavy (non-hydrogen) atoms. The fourth-order valence-corrected chi connectivity index (χ4v) is 5.37. The summed E-state index contributed by atoms with van der Waals surface area (Å²) < 4.78 is 12.0. The summed E-state index contributed by atoms with van der Waals surface area (Å²) in [4.78, 5) is 9.24. The highest BCUT2D eigenvalue weighted by Crippen LogP contribution is 2.48. The summed E-state index contributed by atoms with van der Waals surface area (Å²) >= 11 is 0. The highest BCUT2D eigenvalue weighted by atomic mass is 16.5. The predicted molar refractivity (Wildman–Crippen MR) is 125 cm³/mol. The highest BCUT2D eigenvalue weighted by molar-refractivity contribution is 6.06. The smallest absolute Gasteiger partial charge is 0.0731 e. The number of nitrogens with zero attached hydrogens (tertiary/aromatic N) is 2. The molecule has 0 saturated heterocycles. The van der Waals surface area contributed by atoms with Gasteiger partial charge in [-0.1, -0.05) is 36.4 Å². The number of rotatable bonds is 2. The monoisotopic (exact) mass is 416 g/mol. The summed E-state index contributed by atoms with van der Waals surface area (Å²) in [5, 5.41) is 2.31. The van der Waals surface area contributed by atoms with Crippen molar-refractivity contribution in [2.75, 3.05) is 0 Å². The van der Waals surface area contributed by atoms with Gasteiger partial charge in [0.15, 0.2) is 0 Å². The van der Waals surface area contributed by atoms with Gasteiger partial charge < -0.3 is 9.47 Å². The molecule has 4 nitrogen and oxygen atoms in total. The molecule has 0 atom stereocenters. The minimum atomic E-state index is 0.616. The fraction of sp³-hybridized carbons (Fsp3) is 0.143. The van der Waals surface area contributed by atoms with Crippen molar-refractivity contribution in [1.82, 2.24) is 9.97 Å². The van der Waals surface area contributed by atoms with Gasteiger partial charge in [0.2, 0.25) is 0 Å². The van der Waals surface area contributed by atoms with Crippen LogP contribution in [0.1, 0.15) is 22.3 Å². The van der Waals surface area contributed by atoms with Crippen molar-refractivity contribution in [1.29, 1.82) is 0 Å². The van der Waals surface area contributed by atoms with E-state index in [0.717, 1.165) is 21.8 Å². The minimum Gasteiger partial charge on any atom is -0.372 e. The second-order valence-electron chi connectivity index (χ2n) is 8.40. The molecule has 2 aromatic heterocycles. The molecule has 4 heteroatoms. The topological polar surface area (TPSA) is 44.2 Å². The summed E-state index contributed by atoms with van der Waals surface area (Å²) in [6.07, 6.45) is 3.83. The lowest BCUT2D eigenvalue weighted by Gasteiger charge is -2.21. The van der Waals surface area contributed by atoms with Crippen LogP contribution in [0.25, 0.3) is 44.1 Å². The Morgan fingerprint density at radius 1 is 0.500 bits per heavy atom. The van der Waals surface area contributed by atoms with E-state index in [0.29, 0.717) is 26.4 Å². The van der Waals surface area contributed by atoms with Crippen LogP contribution in [0.15, 0.2) is 73.1 Å². The Morgan fingerprint density at radius 3 is 1.44 bits per heavy atom. The van der Waals surface area contributed by atoms with Crippen LogP contribution in [0.5, 0.6) is 0 Å². The molecule has 0 spiro atoms. The predicted octanol–water partition coefficient (Wildman–Crippen LogP) is 6.18. The second-order valence-corrected chi connectivity index (χ2v) is 8.40. The van der Waals surface area contributed by atoms with Crippen molar-refractivity contribution in [2.24, 2.45) is 0 Å². The van der Waals surface area contributed by atoms with Crippen molar-refractivity contribution in [3.8, 4) is 22.3 Å². The van der Waals surface area contributed by atoms with E-state index in [1.54, 1.807) is 0 Å². The maximum Gasteiger partial charge on any atom is 0.0731 e. The van der Waals surface area contributed by atoms with Gasteiger partial charge in [0, 0.05) is 23.2 Å². The Bertz CT molecular complexity index is 1410. The average Bonchev–Trinajstić information content (AvgIpc) is 3.52. The van der Waals surface area contributed by atoms with Crippen molar-refractivity contribution in [3.05, 3.63) is 95.3 Å². The van der Waals surface area contributed by atoms with Crippen LogP contribution in [-0.2, 0) is 35.9 Å². The van der Waals surface area contributed by atoms with Gasteiger partial charge in [0.05, 0.1) is 37.5 Å². The lowest BCUT2D eigenvalue weighted by molar-refractivity contribution is 0.126. The maximum absolute atomic E-state index is 6.01. The lowest BCUT2D eigenvalue weighted by Crippen LogP contribution is -2.02. The van der Waals surface area contributed by atoms with Gasteiger partial charge in [-0.15, -0.1) is 0 Å². The Hall–Kier alpha value is -3.60. The standard InChI is InChI=1S/C28H20N2O2/c1-3-7-25-17(5-1)19(9-11-29-25)27-23-15-31-13-21(23)22-14-32-16-24(22)28(27)20-10-12-30-26-8-4-2-6-18(20)26/h1-12H,13-16H2. The van der Waals surface area contributed by atoms with Crippen LogP contribution in [0.3, 0.4) is 0 Å². The van der Waals surface area contributed by atoms with E-state index in [2.05, 4.69) is 58.5 Å². The normalized spacial score (nSPS) is 14.8. The van der Waals surface area contributed by atoms with Gasteiger partial charge >= 0.3 is 0 Å². The van der Waals surface area contributed by atoms with Gasteiger partial charge in [-0.25, -0.2) is 0 Å². The summed E-state index contributed by atoms with van der Waals surface area (Å²) in [5.74, 6) is 0. The Morgan fingerprint density at radius 2 is 0.938 bits per heavy atom. The SMILES string of the molecule is c1ccc2c(-c3c4c(c5c(c3-c3ccnc6ccccc36)COC5)COC4)ccnc2c1. The van der Waals surface area contributed by atoms with Crippen LogP contribution in [-0.4, -0.2) is 9.97 Å². The van der Waals surface area contributed by atoms with Crippen LogP contribution in [0.2, 0.25) is 0 Å². The Balaban J connectivity index is 1.67. The number of aromatic nitrogens is 2. The molecule has 2 aliphatic heterocycles. The van der Waals surface area contributed by atoms with Gasteiger partial charge in [-0.3, -0.25) is 9.97 Å². The minimum absolute atomic E-state index is 0.616. The quantitative estimate of drug-likeness (QED) is 0.345. The number of hydrogen-bond acceptors (Lipinski definition) is 4. The number of fused-ring (bicyclic) bond motifs is 5. The van der Waals surface area contributed by atoms with Gasteiger partial charge in [-0.2, -0.15) is 0 Å². The maximum atomic E-state index is 6.01. The Kier molecular flexibility index (Phi) is 3.92. The van der Waals surface area contributed by atoms with Crippen LogP contribution in [0.4, 0.5) is 0 Å². The van der Waals surface area contributed by atoms with E-state index in [9.17, 15) is 0 Å². The summed E-state index contributed by atoms with van der Waals surface area (Å²) in [7, 11) is 0. The molecule has 0 N–H and O–H groups in total. The lowest BCUT2D eigenvalue weighted by atomic mass is 9.81. The van der Waals surface area contributed by atoms with Crippen molar-refractivity contribution in [3.63, 3.8) is 0 Å². The van der Waals surface area contributed by atoms with E-state index in [4.69, 9.17) is 9.47 Å². The summed E-state index contributed by atoms with van der Waals surface area (Å²) in [5.41, 5.74) is 12.0. The largest absolute Gasteiger partial charge is 0.372 e. The molecule has 4 heterocycles. The van der Waals surface area contributed by atoms with Crippen LogP contribution in [0, 0.1) is 0 Å². The molecule has 2 aliphatic rings. The molecule has 0 saturated carbocycles. The molecular weight excluding hydrogens is 396 g/mol. The molecule has 154 valence electrons. The van der Waals surface area contributed by atoms with E-state index < -0.39 is 0 Å². The second kappa shape index (κ2) is 6.95. The van der Waals surface area contributed by atoms with Gasteiger partial charge in [-0.05, 0) is 68.8 Å². The van der Waals surface area contributed by atoms with Gasteiger partial charge in [0.1, 0.15) is 0 Å². The number of pyridine rings is 2. The molecule has 0 radical (unpaired) electrons. The first-order valence-corrected chi connectivity index (χ1v) is 10.9. The van der Waals surface area contributed by atoms with E-state index in [-0.39, 0.29) is 0 Å². The van der Waals surface area contributed by atoms with Crippen LogP contribution >= 0.6 is 0 Å². The summed E-state index contributed by atoms with van der Waals surface area (Å²) in [6, 6.07) is 21.0. The van der Waals surface area contributed by atoms with Gasteiger partial charge in [0.25, 0.3) is 0 Å². The zero-order valence-electron chi connectivity index (χ0n) is 17.5. The molecule has 0 amide bonds. The third-order valence-electron chi connectivity index (χ3n) is 6.77. The average molecular weight is 416 g/mol. The zero-order chi connectivity index (χ0) is 21.1. The molecule has 5 aromatic rings. The van der Waals surface area contributed by atoms with Crippen molar-refractivity contribution < 1.29 is 9.47 Å². The molecule has 0 unspecified atom stereocenters. The number of hydrogen-bond donors (Lipinski definition) is 0. The fourth-order valence-electron chi connectivity index (χ4n) is 5.37. The number of ether oxygens (including phenoxy) is 2. The molecule has 0 bridgehead atoms. The first kappa shape index (κ1) is 18.0. The summed E-state index contributed by atoms with van der Waals surface area (Å²) in [6.45, 7) is 2.53. The van der Waals surface area contributed by atoms with E-state index in [1.165, 1.54) is 44.5 Å². The number of benzene rings is 3. The third-order valence-corrected chi connectivity index (χ3v) is 6.77. The third kappa shape index (κ3) is 2.51. The molecule has 7 rings (SSSR count). The van der Waals surface area contributed by atoms with E-state index in [1.807, 2.05) is 24.5 Å². The van der Waals surface area contributed by atoms with Crippen LogP contribution < -0.4 is 0 Å². The number of para-hydroxylation sites is 2. The molecule has 3 aromatic carbocycles. The Labute approximate surface area is 185 Å².